The molecule has 18 heavy (non-hydrogen) atoms. The van der Waals surface area contributed by atoms with Gasteiger partial charge < -0.3 is 15.6 Å². The summed E-state index contributed by atoms with van der Waals surface area (Å²) in [6.45, 7) is 4.00. The van der Waals surface area contributed by atoms with Crippen molar-refractivity contribution in [2.75, 3.05) is 11.9 Å². The highest BCUT2D eigenvalue weighted by atomic mass is 15.2. The molecular formula is C13H21N5. The van der Waals surface area contributed by atoms with Crippen molar-refractivity contribution in [2.24, 2.45) is 5.73 Å². The van der Waals surface area contributed by atoms with Crippen molar-refractivity contribution in [3.63, 3.8) is 0 Å². The SMILES string of the molecule is CC.CN(c1ncnc2[nH]ccc12)C1CC(N)C1. The number of H-pyrrole nitrogens is 1. The first-order chi connectivity index (χ1) is 8.75. The van der Waals surface area contributed by atoms with Crippen LogP contribution in [0.1, 0.15) is 26.7 Å². The summed E-state index contributed by atoms with van der Waals surface area (Å²) in [5, 5.41) is 1.07. The molecule has 3 N–H and O–H groups in total. The van der Waals surface area contributed by atoms with E-state index in [0.717, 1.165) is 29.7 Å². The van der Waals surface area contributed by atoms with Crippen LogP contribution in [0, 0.1) is 0 Å². The molecule has 2 aromatic rings. The van der Waals surface area contributed by atoms with Gasteiger partial charge >= 0.3 is 0 Å². The topological polar surface area (TPSA) is 70.8 Å². The number of hydrogen-bond donors (Lipinski definition) is 2. The Hall–Kier alpha value is -1.62. The maximum absolute atomic E-state index is 5.81. The minimum Gasteiger partial charge on any atom is -0.356 e. The Morgan fingerprint density at radius 1 is 1.33 bits per heavy atom. The lowest BCUT2D eigenvalue weighted by molar-refractivity contribution is 0.339. The van der Waals surface area contributed by atoms with Crippen LogP contribution in [0.25, 0.3) is 11.0 Å². The van der Waals surface area contributed by atoms with E-state index in [1.165, 1.54) is 0 Å². The first kappa shape index (κ1) is 12.8. The van der Waals surface area contributed by atoms with Crippen LogP contribution < -0.4 is 10.6 Å². The van der Waals surface area contributed by atoms with Gasteiger partial charge in [0.1, 0.15) is 17.8 Å². The van der Waals surface area contributed by atoms with Gasteiger partial charge in [0.2, 0.25) is 0 Å². The van der Waals surface area contributed by atoms with E-state index in [1.807, 2.05) is 26.1 Å². The number of anilines is 1. The van der Waals surface area contributed by atoms with Crippen molar-refractivity contribution in [3.8, 4) is 0 Å². The molecule has 5 nitrogen and oxygen atoms in total. The Bertz CT molecular complexity index is 501. The lowest BCUT2D eigenvalue weighted by atomic mass is 9.86. The van der Waals surface area contributed by atoms with Crippen LogP contribution in [-0.2, 0) is 0 Å². The lowest BCUT2D eigenvalue weighted by Gasteiger charge is -2.40. The summed E-state index contributed by atoms with van der Waals surface area (Å²) in [5.74, 6) is 0.989. The molecule has 0 aliphatic heterocycles. The zero-order chi connectivity index (χ0) is 13.1. The highest BCUT2D eigenvalue weighted by Gasteiger charge is 2.30. The fraction of sp³-hybridized carbons (Fsp3) is 0.538. The van der Waals surface area contributed by atoms with E-state index in [-0.39, 0.29) is 0 Å². The Balaban J connectivity index is 0.000000574. The van der Waals surface area contributed by atoms with Gasteiger partial charge in [-0.05, 0) is 18.9 Å². The summed E-state index contributed by atoms with van der Waals surface area (Å²) < 4.78 is 0. The molecule has 0 amide bonds. The minimum absolute atomic E-state index is 0.357. The Morgan fingerprint density at radius 2 is 2.06 bits per heavy atom. The normalized spacial score (nSPS) is 22.0. The Kier molecular flexibility index (Phi) is 3.81. The van der Waals surface area contributed by atoms with Crippen molar-refractivity contribution in [1.29, 1.82) is 0 Å². The second kappa shape index (κ2) is 5.35. The fourth-order valence-electron chi connectivity index (χ4n) is 2.26. The van der Waals surface area contributed by atoms with E-state index in [1.54, 1.807) is 6.33 Å². The van der Waals surface area contributed by atoms with Crippen LogP contribution in [0.15, 0.2) is 18.6 Å². The average molecular weight is 247 g/mol. The number of nitrogens with zero attached hydrogens (tertiary/aromatic N) is 3. The molecule has 98 valence electrons. The van der Waals surface area contributed by atoms with Gasteiger partial charge in [0.15, 0.2) is 0 Å². The molecule has 1 aliphatic carbocycles. The molecule has 0 bridgehead atoms. The van der Waals surface area contributed by atoms with Gasteiger partial charge in [0.05, 0.1) is 5.39 Å². The predicted octanol–water partition coefficient (Wildman–Crippen LogP) is 1.91. The summed E-state index contributed by atoms with van der Waals surface area (Å²) in [7, 11) is 2.07. The number of rotatable bonds is 2. The third-order valence-corrected chi connectivity index (χ3v) is 3.36. The zero-order valence-electron chi connectivity index (χ0n) is 11.2. The summed E-state index contributed by atoms with van der Waals surface area (Å²) in [4.78, 5) is 13.9. The second-order valence-corrected chi connectivity index (χ2v) is 4.43. The second-order valence-electron chi connectivity index (χ2n) is 4.43. The van der Waals surface area contributed by atoms with Crippen molar-refractivity contribution in [2.45, 2.75) is 38.8 Å². The largest absolute Gasteiger partial charge is 0.356 e. The van der Waals surface area contributed by atoms with Crippen molar-refractivity contribution >= 4 is 16.9 Å². The maximum Gasteiger partial charge on any atom is 0.142 e. The Morgan fingerprint density at radius 3 is 2.72 bits per heavy atom. The molecule has 0 unspecified atom stereocenters. The van der Waals surface area contributed by atoms with E-state index < -0.39 is 0 Å². The summed E-state index contributed by atoms with van der Waals surface area (Å²) in [6, 6.07) is 2.89. The molecule has 5 heteroatoms. The number of aromatic nitrogens is 3. The first-order valence-electron chi connectivity index (χ1n) is 6.52. The van der Waals surface area contributed by atoms with Crippen LogP contribution in [0.4, 0.5) is 5.82 Å². The maximum atomic E-state index is 5.81. The van der Waals surface area contributed by atoms with Gasteiger partial charge in [-0.1, -0.05) is 13.8 Å². The molecule has 2 heterocycles. The molecule has 2 aromatic heterocycles. The third-order valence-electron chi connectivity index (χ3n) is 3.36. The molecule has 1 saturated carbocycles. The van der Waals surface area contributed by atoms with Gasteiger partial charge in [-0.15, -0.1) is 0 Å². The van der Waals surface area contributed by atoms with Crippen LogP contribution in [-0.4, -0.2) is 34.1 Å². The number of aromatic amines is 1. The summed E-state index contributed by atoms with van der Waals surface area (Å²) in [5.41, 5.74) is 6.70. The van der Waals surface area contributed by atoms with E-state index in [0.29, 0.717) is 12.1 Å². The smallest absolute Gasteiger partial charge is 0.142 e. The molecule has 1 aliphatic rings. The van der Waals surface area contributed by atoms with Crippen molar-refractivity contribution in [3.05, 3.63) is 18.6 Å². The number of nitrogens with two attached hydrogens (primary N) is 1. The van der Waals surface area contributed by atoms with Crippen molar-refractivity contribution < 1.29 is 0 Å². The van der Waals surface area contributed by atoms with Crippen LogP contribution in [0.5, 0.6) is 0 Å². The number of hydrogen-bond acceptors (Lipinski definition) is 4. The highest BCUT2D eigenvalue weighted by Crippen LogP contribution is 2.29. The van der Waals surface area contributed by atoms with Gasteiger partial charge in [-0.3, -0.25) is 0 Å². The number of nitrogens with one attached hydrogen (secondary N) is 1. The fourth-order valence-corrected chi connectivity index (χ4v) is 2.26. The molecule has 0 saturated heterocycles. The third kappa shape index (κ3) is 2.18. The lowest BCUT2D eigenvalue weighted by Crippen LogP contribution is -2.49. The van der Waals surface area contributed by atoms with E-state index in [2.05, 4.69) is 26.9 Å². The summed E-state index contributed by atoms with van der Waals surface area (Å²) >= 11 is 0. The van der Waals surface area contributed by atoms with Crippen LogP contribution in [0.2, 0.25) is 0 Å². The standard InChI is InChI=1S/C11H15N5.C2H6/c1-16(8-4-7(12)5-8)11-9-2-3-13-10(9)14-6-15-11;1-2/h2-3,6-8H,4-5,12H2,1H3,(H,13,14,15);1-2H3. The van der Waals surface area contributed by atoms with Gasteiger partial charge in [-0.25, -0.2) is 9.97 Å². The van der Waals surface area contributed by atoms with Crippen LogP contribution >= 0.6 is 0 Å². The molecule has 3 rings (SSSR count). The first-order valence-corrected chi connectivity index (χ1v) is 6.52. The molecule has 0 radical (unpaired) electrons. The van der Waals surface area contributed by atoms with Crippen LogP contribution in [0.3, 0.4) is 0 Å². The quantitative estimate of drug-likeness (QED) is 0.850. The minimum atomic E-state index is 0.357. The van der Waals surface area contributed by atoms with Gasteiger partial charge in [0, 0.05) is 25.3 Å². The monoisotopic (exact) mass is 247 g/mol. The van der Waals surface area contributed by atoms with E-state index in [9.17, 15) is 0 Å². The summed E-state index contributed by atoms with van der Waals surface area (Å²) in [6.07, 6.45) is 5.59. The molecular weight excluding hydrogens is 226 g/mol. The van der Waals surface area contributed by atoms with Crippen molar-refractivity contribution in [1.82, 2.24) is 15.0 Å². The molecule has 1 fully saturated rings. The molecule has 0 atom stereocenters. The predicted molar refractivity (Wildman–Crippen MR) is 74.6 cm³/mol. The zero-order valence-corrected chi connectivity index (χ0v) is 11.2. The molecule has 0 spiro atoms. The van der Waals surface area contributed by atoms with Gasteiger partial charge in [0.25, 0.3) is 0 Å². The average Bonchev–Trinajstić information content (AvgIpc) is 2.84. The highest BCUT2D eigenvalue weighted by molar-refractivity contribution is 5.87. The molecule has 0 aromatic carbocycles. The van der Waals surface area contributed by atoms with Gasteiger partial charge in [-0.2, -0.15) is 0 Å². The Labute approximate surface area is 107 Å². The number of fused-ring (bicyclic) bond motifs is 1. The van der Waals surface area contributed by atoms with E-state index >= 15 is 0 Å². The van der Waals surface area contributed by atoms with E-state index in [4.69, 9.17) is 5.73 Å².